The highest BCUT2D eigenvalue weighted by molar-refractivity contribution is 9.10. The highest BCUT2D eigenvalue weighted by Crippen LogP contribution is 2.27. The third-order valence-electron chi connectivity index (χ3n) is 2.97. The first-order chi connectivity index (χ1) is 7.84. The van der Waals surface area contributed by atoms with Gasteiger partial charge in [-0.05, 0) is 23.8 Å². The van der Waals surface area contributed by atoms with E-state index in [9.17, 15) is 0 Å². The normalized spacial score (nSPS) is 21.4. The van der Waals surface area contributed by atoms with E-state index < -0.39 is 0 Å². The van der Waals surface area contributed by atoms with Crippen LogP contribution in [0.4, 0.5) is 0 Å². The van der Waals surface area contributed by atoms with Crippen LogP contribution in [0.5, 0.6) is 0 Å². The largest absolute Gasteiger partial charge is 0.378 e. The first-order valence-corrected chi connectivity index (χ1v) is 6.21. The average molecular weight is 281 g/mol. The minimum atomic E-state index is 0.303. The summed E-state index contributed by atoms with van der Waals surface area (Å²) in [7, 11) is 0. The molecule has 3 nitrogen and oxygen atoms in total. The summed E-state index contributed by atoms with van der Waals surface area (Å²) >= 11 is 3.51. The highest BCUT2D eigenvalue weighted by atomic mass is 79.9. The summed E-state index contributed by atoms with van der Waals surface area (Å²) in [6, 6.07) is 6.59. The van der Waals surface area contributed by atoms with Crippen LogP contribution in [-0.4, -0.2) is 24.7 Å². The van der Waals surface area contributed by atoms with E-state index in [4.69, 9.17) is 4.74 Å². The number of H-pyrrole nitrogens is 1. The van der Waals surface area contributed by atoms with Gasteiger partial charge in [-0.3, -0.25) is 0 Å². The molecule has 0 saturated carbocycles. The van der Waals surface area contributed by atoms with Crippen molar-refractivity contribution in [2.24, 2.45) is 0 Å². The van der Waals surface area contributed by atoms with Gasteiger partial charge in [-0.15, -0.1) is 0 Å². The van der Waals surface area contributed by atoms with Crippen molar-refractivity contribution in [3.8, 4) is 0 Å². The van der Waals surface area contributed by atoms with Crippen molar-refractivity contribution in [2.45, 2.75) is 6.04 Å². The molecule has 0 radical (unpaired) electrons. The second-order valence-corrected chi connectivity index (χ2v) is 4.93. The predicted molar refractivity (Wildman–Crippen MR) is 67.6 cm³/mol. The first-order valence-electron chi connectivity index (χ1n) is 5.42. The van der Waals surface area contributed by atoms with Crippen LogP contribution in [-0.2, 0) is 4.74 Å². The second kappa shape index (κ2) is 4.20. The Morgan fingerprint density at radius 3 is 3.12 bits per heavy atom. The number of rotatable bonds is 1. The van der Waals surface area contributed by atoms with Crippen LogP contribution in [0.3, 0.4) is 0 Å². The van der Waals surface area contributed by atoms with Gasteiger partial charge in [-0.25, -0.2) is 0 Å². The van der Waals surface area contributed by atoms with Gasteiger partial charge >= 0.3 is 0 Å². The van der Waals surface area contributed by atoms with Crippen molar-refractivity contribution in [1.29, 1.82) is 0 Å². The van der Waals surface area contributed by atoms with Gasteiger partial charge in [-0.2, -0.15) is 0 Å². The van der Waals surface area contributed by atoms with E-state index in [1.54, 1.807) is 0 Å². The molecule has 1 aliphatic rings. The van der Waals surface area contributed by atoms with Crippen molar-refractivity contribution in [1.82, 2.24) is 10.3 Å². The summed E-state index contributed by atoms with van der Waals surface area (Å²) in [6.07, 6.45) is 2.07. The molecule has 16 heavy (non-hydrogen) atoms. The summed E-state index contributed by atoms with van der Waals surface area (Å²) in [6.45, 7) is 2.48. The average Bonchev–Trinajstić information content (AvgIpc) is 2.73. The molecule has 4 heteroatoms. The molecule has 1 aromatic carbocycles. The number of halogens is 1. The van der Waals surface area contributed by atoms with E-state index >= 15 is 0 Å². The van der Waals surface area contributed by atoms with Crippen LogP contribution >= 0.6 is 15.9 Å². The summed E-state index contributed by atoms with van der Waals surface area (Å²) in [5.74, 6) is 0. The van der Waals surface area contributed by atoms with Crippen molar-refractivity contribution in [2.75, 3.05) is 19.8 Å². The Hall–Kier alpha value is -0.840. The topological polar surface area (TPSA) is 37.0 Å². The van der Waals surface area contributed by atoms with Gasteiger partial charge in [0, 0.05) is 28.1 Å². The lowest BCUT2D eigenvalue weighted by atomic mass is 10.1. The maximum absolute atomic E-state index is 5.50. The molecule has 2 heterocycles. The summed E-state index contributed by atoms with van der Waals surface area (Å²) < 4.78 is 6.61. The number of aromatic amines is 1. The summed E-state index contributed by atoms with van der Waals surface area (Å²) in [4.78, 5) is 3.30. The Morgan fingerprint density at radius 1 is 1.38 bits per heavy atom. The highest BCUT2D eigenvalue weighted by Gasteiger charge is 2.18. The molecule has 1 saturated heterocycles. The van der Waals surface area contributed by atoms with Gasteiger partial charge in [0.2, 0.25) is 0 Å². The van der Waals surface area contributed by atoms with Gasteiger partial charge in [0.25, 0.3) is 0 Å². The van der Waals surface area contributed by atoms with Crippen LogP contribution < -0.4 is 5.32 Å². The van der Waals surface area contributed by atoms with Gasteiger partial charge in [0.1, 0.15) is 0 Å². The zero-order valence-electron chi connectivity index (χ0n) is 8.79. The molecule has 0 amide bonds. The molecule has 1 atom stereocenters. The fourth-order valence-electron chi connectivity index (χ4n) is 2.17. The Labute approximate surface area is 102 Å². The molecule has 2 N–H and O–H groups in total. The minimum Gasteiger partial charge on any atom is -0.378 e. The number of aromatic nitrogens is 1. The molecule has 1 aromatic heterocycles. The molecule has 2 aromatic rings. The van der Waals surface area contributed by atoms with E-state index in [1.165, 1.54) is 16.5 Å². The number of hydrogen-bond donors (Lipinski definition) is 2. The number of nitrogens with one attached hydrogen (secondary N) is 2. The van der Waals surface area contributed by atoms with Crippen LogP contribution in [0.2, 0.25) is 0 Å². The Kier molecular flexibility index (Phi) is 2.71. The minimum absolute atomic E-state index is 0.303. The summed E-state index contributed by atoms with van der Waals surface area (Å²) in [5.41, 5.74) is 2.46. The van der Waals surface area contributed by atoms with E-state index in [1.807, 2.05) is 6.07 Å². The smallest absolute Gasteiger partial charge is 0.0662 e. The lowest BCUT2D eigenvalue weighted by Gasteiger charge is -2.23. The van der Waals surface area contributed by atoms with Gasteiger partial charge in [0.15, 0.2) is 0 Å². The van der Waals surface area contributed by atoms with Crippen molar-refractivity contribution in [3.63, 3.8) is 0 Å². The number of morpholine rings is 1. The van der Waals surface area contributed by atoms with Crippen LogP contribution in [0.1, 0.15) is 11.6 Å². The predicted octanol–water partition coefficient (Wildman–Crippen LogP) is 2.59. The molecular weight excluding hydrogens is 268 g/mol. The molecule has 0 bridgehead atoms. The Balaban J connectivity index is 2.05. The van der Waals surface area contributed by atoms with Gasteiger partial charge < -0.3 is 15.0 Å². The standard InChI is InChI=1S/C12H13BrN2O/c13-8-1-2-11-9(5-8)10(6-15-11)12-7-16-4-3-14-12/h1-2,5-6,12,14-15H,3-4,7H2. The van der Waals surface area contributed by atoms with E-state index in [2.05, 4.69) is 44.6 Å². The molecule has 1 aliphatic heterocycles. The van der Waals surface area contributed by atoms with Crippen LogP contribution in [0, 0.1) is 0 Å². The maximum atomic E-state index is 5.50. The zero-order chi connectivity index (χ0) is 11.0. The zero-order valence-corrected chi connectivity index (χ0v) is 10.4. The van der Waals surface area contributed by atoms with Crippen molar-refractivity contribution >= 4 is 26.8 Å². The lowest BCUT2D eigenvalue weighted by Crippen LogP contribution is -2.34. The monoisotopic (exact) mass is 280 g/mol. The lowest BCUT2D eigenvalue weighted by molar-refractivity contribution is 0.0773. The van der Waals surface area contributed by atoms with E-state index in [0.717, 1.165) is 24.2 Å². The van der Waals surface area contributed by atoms with Crippen LogP contribution in [0.25, 0.3) is 10.9 Å². The Bertz CT molecular complexity index is 503. The SMILES string of the molecule is Brc1ccc2[nH]cc(C3COCCN3)c2c1. The number of fused-ring (bicyclic) bond motifs is 1. The fraction of sp³-hybridized carbons (Fsp3) is 0.333. The third-order valence-corrected chi connectivity index (χ3v) is 3.47. The van der Waals surface area contributed by atoms with Crippen LogP contribution in [0.15, 0.2) is 28.9 Å². The number of benzene rings is 1. The first kappa shape index (κ1) is 10.3. The van der Waals surface area contributed by atoms with Gasteiger partial charge in [0.05, 0.1) is 19.3 Å². The molecule has 1 fully saturated rings. The number of hydrogen-bond acceptors (Lipinski definition) is 2. The quantitative estimate of drug-likeness (QED) is 0.843. The second-order valence-electron chi connectivity index (χ2n) is 4.02. The fourth-order valence-corrected chi connectivity index (χ4v) is 2.53. The molecule has 84 valence electrons. The Morgan fingerprint density at radius 2 is 2.31 bits per heavy atom. The molecule has 0 aliphatic carbocycles. The maximum Gasteiger partial charge on any atom is 0.0662 e. The number of ether oxygens (including phenoxy) is 1. The molecule has 3 rings (SSSR count). The van der Waals surface area contributed by atoms with E-state index in [-0.39, 0.29) is 0 Å². The molecule has 0 spiro atoms. The summed E-state index contributed by atoms with van der Waals surface area (Å²) in [5, 5.41) is 4.73. The molecule has 1 unspecified atom stereocenters. The van der Waals surface area contributed by atoms with Gasteiger partial charge in [-0.1, -0.05) is 15.9 Å². The molecular formula is C12H13BrN2O. The van der Waals surface area contributed by atoms with E-state index in [0.29, 0.717) is 6.04 Å². The third kappa shape index (κ3) is 1.77. The van der Waals surface area contributed by atoms with Crippen molar-refractivity contribution in [3.05, 3.63) is 34.4 Å². The van der Waals surface area contributed by atoms with Crippen molar-refractivity contribution < 1.29 is 4.74 Å².